The molecule has 1 aliphatic heterocycles. The van der Waals surface area contributed by atoms with Gasteiger partial charge in [-0.3, -0.25) is 14.4 Å². The number of hydrogen-bond donors (Lipinski definition) is 1. The predicted molar refractivity (Wildman–Crippen MR) is 107 cm³/mol. The SMILES string of the molecule is Cc1c(NS(C)(=O)=O)cccc1C(=O)N1CCN(Cc2ccccc2)CC1. The minimum Gasteiger partial charge on any atom is -0.336 e. The van der Waals surface area contributed by atoms with Gasteiger partial charge in [0.25, 0.3) is 5.91 Å². The fraction of sp³-hybridized carbons (Fsp3) is 0.350. The Morgan fingerprint density at radius 3 is 2.30 bits per heavy atom. The van der Waals surface area contributed by atoms with Crippen molar-refractivity contribution in [2.45, 2.75) is 13.5 Å². The lowest BCUT2D eigenvalue weighted by atomic mass is 10.1. The maximum Gasteiger partial charge on any atom is 0.254 e. The van der Waals surface area contributed by atoms with Gasteiger partial charge in [0.2, 0.25) is 10.0 Å². The molecule has 0 spiro atoms. The summed E-state index contributed by atoms with van der Waals surface area (Å²) in [6.45, 7) is 5.62. The van der Waals surface area contributed by atoms with Crippen LogP contribution in [0.3, 0.4) is 0 Å². The van der Waals surface area contributed by atoms with Gasteiger partial charge in [-0.05, 0) is 30.2 Å². The van der Waals surface area contributed by atoms with Gasteiger partial charge >= 0.3 is 0 Å². The number of sulfonamides is 1. The van der Waals surface area contributed by atoms with Crippen LogP contribution in [-0.2, 0) is 16.6 Å². The molecule has 7 heteroatoms. The van der Waals surface area contributed by atoms with Gasteiger partial charge in [-0.15, -0.1) is 0 Å². The molecule has 144 valence electrons. The van der Waals surface area contributed by atoms with Crippen molar-refractivity contribution in [2.75, 3.05) is 37.2 Å². The van der Waals surface area contributed by atoms with Gasteiger partial charge in [0.15, 0.2) is 0 Å². The third-order valence-corrected chi connectivity index (χ3v) is 5.36. The van der Waals surface area contributed by atoms with Crippen LogP contribution in [0.5, 0.6) is 0 Å². The number of amides is 1. The fourth-order valence-corrected chi connectivity index (χ4v) is 3.92. The topological polar surface area (TPSA) is 69.7 Å². The zero-order chi connectivity index (χ0) is 19.4. The molecule has 3 rings (SSSR count). The summed E-state index contributed by atoms with van der Waals surface area (Å²) < 4.78 is 25.5. The molecule has 2 aromatic rings. The van der Waals surface area contributed by atoms with E-state index in [2.05, 4.69) is 21.8 Å². The molecule has 0 bridgehead atoms. The molecule has 0 aromatic heterocycles. The highest BCUT2D eigenvalue weighted by molar-refractivity contribution is 7.92. The van der Waals surface area contributed by atoms with E-state index >= 15 is 0 Å². The second kappa shape index (κ2) is 8.10. The summed E-state index contributed by atoms with van der Waals surface area (Å²) in [7, 11) is -3.39. The molecular formula is C20H25N3O3S. The first-order chi connectivity index (χ1) is 12.8. The van der Waals surface area contributed by atoms with Crippen LogP contribution in [0.25, 0.3) is 0 Å². The lowest BCUT2D eigenvalue weighted by Gasteiger charge is -2.35. The van der Waals surface area contributed by atoms with Crippen LogP contribution in [0.2, 0.25) is 0 Å². The van der Waals surface area contributed by atoms with Crippen LogP contribution in [0, 0.1) is 6.92 Å². The Morgan fingerprint density at radius 2 is 1.67 bits per heavy atom. The van der Waals surface area contributed by atoms with Crippen molar-refractivity contribution in [3.63, 3.8) is 0 Å². The first-order valence-corrected chi connectivity index (χ1v) is 10.9. The molecule has 2 aromatic carbocycles. The third-order valence-electron chi connectivity index (χ3n) is 4.77. The molecule has 1 amide bonds. The fourth-order valence-electron chi connectivity index (χ4n) is 3.30. The van der Waals surface area contributed by atoms with Crippen LogP contribution in [0.1, 0.15) is 21.5 Å². The monoisotopic (exact) mass is 387 g/mol. The minimum atomic E-state index is -3.39. The number of carbonyl (C=O) groups is 1. The molecule has 1 N–H and O–H groups in total. The van der Waals surface area contributed by atoms with Gasteiger partial charge in [0.05, 0.1) is 11.9 Å². The second-order valence-corrected chi connectivity index (χ2v) is 8.65. The molecule has 0 radical (unpaired) electrons. The Kier molecular flexibility index (Phi) is 5.82. The zero-order valence-corrected chi connectivity index (χ0v) is 16.5. The number of hydrogen-bond acceptors (Lipinski definition) is 4. The maximum absolute atomic E-state index is 12.9. The van der Waals surface area contributed by atoms with Crippen molar-refractivity contribution >= 4 is 21.6 Å². The molecular weight excluding hydrogens is 362 g/mol. The van der Waals surface area contributed by atoms with Gasteiger partial charge in [0, 0.05) is 38.3 Å². The van der Waals surface area contributed by atoms with Gasteiger partial charge in [-0.1, -0.05) is 36.4 Å². The number of carbonyl (C=O) groups excluding carboxylic acids is 1. The highest BCUT2D eigenvalue weighted by Gasteiger charge is 2.24. The molecule has 6 nitrogen and oxygen atoms in total. The Bertz CT molecular complexity index is 905. The highest BCUT2D eigenvalue weighted by atomic mass is 32.2. The van der Waals surface area contributed by atoms with Crippen molar-refractivity contribution < 1.29 is 13.2 Å². The number of nitrogens with one attached hydrogen (secondary N) is 1. The molecule has 0 aliphatic carbocycles. The van der Waals surface area contributed by atoms with Crippen molar-refractivity contribution in [3.05, 3.63) is 65.2 Å². The zero-order valence-electron chi connectivity index (χ0n) is 15.7. The van der Waals surface area contributed by atoms with E-state index in [0.717, 1.165) is 25.9 Å². The number of benzene rings is 2. The largest absolute Gasteiger partial charge is 0.336 e. The van der Waals surface area contributed by atoms with E-state index in [1.54, 1.807) is 25.1 Å². The quantitative estimate of drug-likeness (QED) is 0.855. The number of anilines is 1. The maximum atomic E-state index is 12.9. The summed E-state index contributed by atoms with van der Waals surface area (Å²) in [6, 6.07) is 15.4. The molecule has 1 heterocycles. The number of nitrogens with zero attached hydrogens (tertiary/aromatic N) is 2. The molecule has 0 saturated carbocycles. The molecule has 27 heavy (non-hydrogen) atoms. The van der Waals surface area contributed by atoms with E-state index in [-0.39, 0.29) is 5.91 Å². The first kappa shape index (κ1) is 19.4. The van der Waals surface area contributed by atoms with Gasteiger partial charge in [0.1, 0.15) is 0 Å². The van der Waals surface area contributed by atoms with Crippen molar-refractivity contribution in [1.82, 2.24) is 9.80 Å². The van der Waals surface area contributed by atoms with E-state index in [1.165, 1.54) is 5.56 Å². The third kappa shape index (κ3) is 5.08. The Hall–Kier alpha value is -2.38. The van der Waals surface area contributed by atoms with Crippen LogP contribution in [-0.4, -0.2) is 56.6 Å². The molecule has 1 saturated heterocycles. The number of piperazine rings is 1. The summed E-state index contributed by atoms with van der Waals surface area (Å²) in [5.74, 6) is -0.0518. The van der Waals surface area contributed by atoms with E-state index in [0.29, 0.717) is 29.9 Å². The van der Waals surface area contributed by atoms with E-state index in [1.807, 2.05) is 23.1 Å². The van der Waals surface area contributed by atoms with Gasteiger partial charge in [-0.2, -0.15) is 0 Å². The van der Waals surface area contributed by atoms with E-state index < -0.39 is 10.0 Å². The van der Waals surface area contributed by atoms with Crippen molar-refractivity contribution in [2.24, 2.45) is 0 Å². The van der Waals surface area contributed by atoms with Crippen LogP contribution in [0.4, 0.5) is 5.69 Å². The summed E-state index contributed by atoms with van der Waals surface area (Å²) in [6.07, 6.45) is 1.10. The van der Waals surface area contributed by atoms with E-state index in [4.69, 9.17) is 0 Å². The predicted octanol–water partition coefficient (Wildman–Crippen LogP) is 2.32. The molecule has 1 fully saturated rings. The summed E-state index contributed by atoms with van der Waals surface area (Å²) in [5.41, 5.74) is 2.92. The Labute approximate surface area is 160 Å². The Balaban J connectivity index is 1.65. The Morgan fingerprint density at radius 1 is 1.00 bits per heavy atom. The molecule has 0 atom stereocenters. The lowest BCUT2D eigenvalue weighted by Crippen LogP contribution is -2.48. The standard InChI is InChI=1S/C20H25N3O3S/c1-16-18(9-6-10-19(16)21-27(2,25)26)20(24)23-13-11-22(12-14-23)15-17-7-4-3-5-8-17/h3-10,21H,11-15H2,1-2H3. The van der Waals surface area contributed by atoms with Crippen LogP contribution < -0.4 is 4.72 Å². The summed E-state index contributed by atoms with van der Waals surface area (Å²) >= 11 is 0. The van der Waals surface area contributed by atoms with Crippen molar-refractivity contribution in [3.8, 4) is 0 Å². The smallest absolute Gasteiger partial charge is 0.254 e. The average Bonchev–Trinajstić information content (AvgIpc) is 2.63. The molecule has 0 unspecified atom stereocenters. The second-order valence-electron chi connectivity index (χ2n) is 6.91. The summed E-state index contributed by atoms with van der Waals surface area (Å²) in [5, 5.41) is 0. The summed E-state index contributed by atoms with van der Waals surface area (Å²) in [4.78, 5) is 17.1. The lowest BCUT2D eigenvalue weighted by molar-refractivity contribution is 0.0628. The van der Waals surface area contributed by atoms with Crippen LogP contribution in [0.15, 0.2) is 48.5 Å². The van der Waals surface area contributed by atoms with Crippen molar-refractivity contribution in [1.29, 1.82) is 0 Å². The highest BCUT2D eigenvalue weighted by Crippen LogP contribution is 2.22. The normalized spacial score (nSPS) is 15.6. The molecule has 1 aliphatic rings. The van der Waals surface area contributed by atoms with E-state index in [9.17, 15) is 13.2 Å². The average molecular weight is 388 g/mol. The van der Waals surface area contributed by atoms with Crippen LogP contribution >= 0.6 is 0 Å². The number of rotatable bonds is 5. The van der Waals surface area contributed by atoms with Gasteiger partial charge in [-0.25, -0.2) is 8.42 Å². The van der Waals surface area contributed by atoms with Gasteiger partial charge < -0.3 is 4.90 Å². The minimum absolute atomic E-state index is 0.0518. The first-order valence-electron chi connectivity index (χ1n) is 8.96.